The van der Waals surface area contributed by atoms with Gasteiger partial charge in [0.2, 0.25) is 0 Å². The third-order valence-electron chi connectivity index (χ3n) is 1.95. The molecule has 0 aliphatic rings. The van der Waals surface area contributed by atoms with Crippen molar-refractivity contribution in [1.29, 1.82) is 0 Å². The van der Waals surface area contributed by atoms with Gasteiger partial charge in [-0.05, 0) is 25.5 Å². The van der Waals surface area contributed by atoms with Gasteiger partial charge in [0.1, 0.15) is 6.17 Å². The Morgan fingerprint density at radius 2 is 2.46 bits per heavy atom. The molecule has 0 spiro atoms. The largest absolute Gasteiger partial charge is 0.330 e. The summed E-state index contributed by atoms with van der Waals surface area (Å²) in [6, 6.07) is 0. The Kier molecular flexibility index (Phi) is 3.89. The highest BCUT2D eigenvalue weighted by molar-refractivity contribution is 5.05. The quantitative estimate of drug-likeness (QED) is 0.747. The van der Waals surface area contributed by atoms with Gasteiger partial charge >= 0.3 is 0 Å². The molecule has 0 saturated heterocycles. The lowest BCUT2D eigenvalue weighted by molar-refractivity contribution is 0.316. The molecule has 0 aromatic carbocycles. The lowest BCUT2D eigenvalue weighted by atomic mass is 10.1. The van der Waals surface area contributed by atoms with Crippen LogP contribution >= 0.6 is 0 Å². The predicted octanol–water partition coefficient (Wildman–Crippen LogP) is 1.13. The van der Waals surface area contributed by atoms with E-state index in [1.165, 1.54) is 0 Å². The fourth-order valence-electron chi connectivity index (χ4n) is 1.22. The van der Waals surface area contributed by atoms with Crippen LogP contribution in [0.4, 0.5) is 4.39 Å². The Balaban J connectivity index is 2.44. The Morgan fingerprint density at radius 1 is 1.69 bits per heavy atom. The number of nitrogens with two attached hydrogens (primary N) is 1. The van der Waals surface area contributed by atoms with Crippen molar-refractivity contribution in [1.82, 2.24) is 9.78 Å². The summed E-state index contributed by atoms with van der Waals surface area (Å²) in [5.41, 5.74) is 6.20. The van der Waals surface area contributed by atoms with Crippen LogP contribution < -0.4 is 5.73 Å². The van der Waals surface area contributed by atoms with Crippen LogP contribution in [0.2, 0.25) is 0 Å². The molecule has 0 fully saturated rings. The van der Waals surface area contributed by atoms with Crippen LogP contribution in [0.5, 0.6) is 0 Å². The number of rotatable bonds is 5. The maximum absolute atomic E-state index is 13.1. The molecular weight excluding hydrogens is 169 g/mol. The van der Waals surface area contributed by atoms with E-state index in [0.29, 0.717) is 19.4 Å². The molecule has 1 aromatic rings. The van der Waals surface area contributed by atoms with E-state index in [1.807, 2.05) is 13.1 Å². The fraction of sp³-hybridized carbons (Fsp3) is 0.667. The first-order valence-electron chi connectivity index (χ1n) is 4.61. The first-order chi connectivity index (χ1) is 6.26. The highest BCUT2D eigenvalue weighted by atomic mass is 19.1. The van der Waals surface area contributed by atoms with Gasteiger partial charge in [0.05, 0.1) is 6.20 Å². The lowest BCUT2D eigenvalue weighted by Gasteiger charge is -2.03. The van der Waals surface area contributed by atoms with Crippen molar-refractivity contribution in [2.45, 2.75) is 32.5 Å². The second-order valence-electron chi connectivity index (χ2n) is 3.08. The lowest BCUT2D eigenvalue weighted by Crippen LogP contribution is -2.11. The molecule has 1 rings (SSSR count). The van der Waals surface area contributed by atoms with Gasteiger partial charge in [-0.1, -0.05) is 0 Å². The number of halogens is 1. The van der Waals surface area contributed by atoms with Crippen molar-refractivity contribution in [3.05, 3.63) is 18.0 Å². The van der Waals surface area contributed by atoms with E-state index >= 15 is 0 Å². The van der Waals surface area contributed by atoms with Gasteiger partial charge in [-0.25, -0.2) is 4.39 Å². The Morgan fingerprint density at radius 3 is 3.00 bits per heavy atom. The number of nitrogens with zero attached hydrogens (tertiary/aromatic N) is 2. The summed E-state index contributed by atoms with van der Waals surface area (Å²) in [5.74, 6) is 0. The van der Waals surface area contributed by atoms with Crippen LogP contribution in [0.3, 0.4) is 0 Å². The van der Waals surface area contributed by atoms with Gasteiger partial charge in [0, 0.05) is 19.2 Å². The molecule has 74 valence electrons. The van der Waals surface area contributed by atoms with Crippen LogP contribution in [0.1, 0.15) is 18.9 Å². The van der Waals surface area contributed by atoms with E-state index in [2.05, 4.69) is 5.10 Å². The molecule has 0 aliphatic carbocycles. The van der Waals surface area contributed by atoms with Crippen molar-refractivity contribution >= 4 is 0 Å². The maximum atomic E-state index is 13.1. The van der Waals surface area contributed by atoms with Crippen molar-refractivity contribution < 1.29 is 4.39 Å². The SMILES string of the molecule is CCn1cc(CC(F)CCN)cn1. The number of aromatic nitrogens is 2. The molecule has 1 heterocycles. The molecule has 2 N–H and O–H groups in total. The molecule has 4 heteroatoms. The summed E-state index contributed by atoms with van der Waals surface area (Å²) in [6.07, 6.45) is 3.61. The minimum atomic E-state index is -0.834. The van der Waals surface area contributed by atoms with E-state index in [1.54, 1.807) is 10.9 Å². The monoisotopic (exact) mass is 185 g/mol. The summed E-state index contributed by atoms with van der Waals surface area (Å²) < 4.78 is 14.9. The summed E-state index contributed by atoms with van der Waals surface area (Å²) in [7, 11) is 0. The molecule has 0 radical (unpaired) electrons. The summed E-state index contributed by atoms with van der Waals surface area (Å²) in [5, 5.41) is 4.07. The maximum Gasteiger partial charge on any atom is 0.105 e. The average Bonchev–Trinajstić information content (AvgIpc) is 2.52. The van der Waals surface area contributed by atoms with Crippen LogP contribution in [-0.4, -0.2) is 22.5 Å². The minimum absolute atomic E-state index is 0.406. The zero-order valence-electron chi connectivity index (χ0n) is 7.91. The highest BCUT2D eigenvalue weighted by Crippen LogP contribution is 2.07. The van der Waals surface area contributed by atoms with Gasteiger partial charge < -0.3 is 5.73 Å². The zero-order valence-corrected chi connectivity index (χ0v) is 7.91. The number of hydrogen-bond donors (Lipinski definition) is 1. The summed E-state index contributed by atoms with van der Waals surface area (Å²) in [6.45, 7) is 3.24. The van der Waals surface area contributed by atoms with Crippen molar-refractivity contribution in [2.75, 3.05) is 6.54 Å². The molecule has 0 aliphatic heterocycles. The Hall–Kier alpha value is -0.900. The smallest absolute Gasteiger partial charge is 0.105 e. The van der Waals surface area contributed by atoms with Crippen LogP contribution in [-0.2, 0) is 13.0 Å². The second-order valence-corrected chi connectivity index (χ2v) is 3.08. The highest BCUT2D eigenvalue weighted by Gasteiger charge is 2.07. The van der Waals surface area contributed by atoms with E-state index in [4.69, 9.17) is 5.73 Å². The predicted molar refractivity (Wildman–Crippen MR) is 50.2 cm³/mol. The molecule has 3 nitrogen and oxygen atoms in total. The molecule has 0 amide bonds. The molecule has 13 heavy (non-hydrogen) atoms. The third-order valence-corrected chi connectivity index (χ3v) is 1.95. The van der Waals surface area contributed by atoms with Crippen molar-refractivity contribution in [2.24, 2.45) is 5.73 Å². The fourth-order valence-corrected chi connectivity index (χ4v) is 1.22. The topological polar surface area (TPSA) is 43.8 Å². The molecule has 0 bridgehead atoms. The van der Waals surface area contributed by atoms with Gasteiger partial charge in [0.15, 0.2) is 0 Å². The molecule has 1 atom stereocenters. The number of aryl methyl sites for hydroxylation is 1. The summed E-state index contributed by atoms with van der Waals surface area (Å²) >= 11 is 0. The van der Waals surface area contributed by atoms with E-state index in [9.17, 15) is 4.39 Å². The Labute approximate surface area is 77.7 Å². The van der Waals surface area contributed by atoms with Crippen LogP contribution in [0.25, 0.3) is 0 Å². The van der Waals surface area contributed by atoms with E-state index in [0.717, 1.165) is 12.1 Å². The normalized spacial score (nSPS) is 13.2. The van der Waals surface area contributed by atoms with E-state index in [-0.39, 0.29) is 0 Å². The van der Waals surface area contributed by atoms with Gasteiger partial charge in [-0.2, -0.15) is 5.10 Å². The molecule has 1 unspecified atom stereocenters. The average molecular weight is 185 g/mol. The second kappa shape index (κ2) is 4.97. The van der Waals surface area contributed by atoms with Crippen molar-refractivity contribution in [3.63, 3.8) is 0 Å². The first-order valence-corrected chi connectivity index (χ1v) is 4.61. The first kappa shape index (κ1) is 10.2. The van der Waals surface area contributed by atoms with Crippen molar-refractivity contribution in [3.8, 4) is 0 Å². The van der Waals surface area contributed by atoms with Gasteiger partial charge in [-0.15, -0.1) is 0 Å². The zero-order chi connectivity index (χ0) is 9.68. The van der Waals surface area contributed by atoms with Crippen LogP contribution in [0, 0.1) is 0 Å². The third kappa shape index (κ3) is 3.14. The molecular formula is C9H16FN3. The summed E-state index contributed by atoms with van der Waals surface area (Å²) in [4.78, 5) is 0. The van der Waals surface area contributed by atoms with Crippen LogP contribution in [0.15, 0.2) is 12.4 Å². The van der Waals surface area contributed by atoms with Gasteiger partial charge in [0.25, 0.3) is 0 Å². The number of alkyl halides is 1. The minimum Gasteiger partial charge on any atom is -0.330 e. The van der Waals surface area contributed by atoms with E-state index < -0.39 is 6.17 Å². The Bertz CT molecular complexity index is 247. The molecule has 0 saturated carbocycles. The molecule has 1 aromatic heterocycles. The standard InChI is InChI=1S/C9H16FN3/c1-2-13-7-8(6-12-13)5-9(10)3-4-11/h6-7,9H,2-5,11H2,1H3. The van der Waals surface area contributed by atoms with Gasteiger partial charge in [-0.3, -0.25) is 4.68 Å². The number of hydrogen-bond acceptors (Lipinski definition) is 2.